The summed E-state index contributed by atoms with van der Waals surface area (Å²) < 4.78 is 5.16. The first-order chi connectivity index (χ1) is 11.8. The van der Waals surface area contributed by atoms with E-state index in [9.17, 15) is 0 Å². The average molecular weight is 310 g/mol. The first-order valence-corrected chi connectivity index (χ1v) is 7.83. The molecule has 0 bridgehead atoms. The highest BCUT2D eigenvalue weighted by atomic mass is 16.5. The lowest BCUT2D eigenvalue weighted by Crippen LogP contribution is -1.82. The second-order valence-electron chi connectivity index (χ2n) is 5.35. The van der Waals surface area contributed by atoms with Crippen LogP contribution in [0.3, 0.4) is 0 Å². The van der Waals surface area contributed by atoms with E-state index in [1.807, 2.05) is 54.6 Å². The van der Waals surface area contributed by atoms with Gasteiger partial charge in [-0.05, 0) is 47.5 Å². The van der Waals surface area contributed by atoms with Crippen LogP contribution in [0.4, 0.5) is 0 Å². The highest BCUT2D eigenvalue weighted by Crippen LogP contribution is 2.12. The summed E-state index contributed by atoms with van der Waals surface area (Å²) in [5.74, 6) is 7.24. The van der Waals surface area contributed by atoms with Crippen molar-refractivity contribution in [2.24, 2.45) is 0 Å². The van der Waals surface area contributed by atoms with E-state index >= 15 is 0 Å². The van der Waals surface area contributed by atoms with Gasteiger partial charge in [-0.1, -0.05) is 66.5 Å². The standard InChI is InChI=1S/C23H18O/c1-24-23-16-14-20(15-17-23)11-13-22-9-5-8-21(18-22)12-10-19-6-3-2-4-7-19/h2-10,12,14-18H,1H3/b12-10+. The second-order valence-corrected chi connectivity index (χ2v) is 5.35. The fourth-order valence-corrected chi connectivity index (χ4v) is 2.30. The maximum Gasteiger partial charge on any atom is 0.118 e. The Morgan fingerprint density at radius 1 is 0.667 bits per heavy atom. The van der Waals surface area contributed by atoms with Crippen LogP contribution < -0.4 is 4.74 Å². The van der Waals surface area contributed by atoms with Gasteiger partial charge < -0.3 is 4.74 Å². The Morgan fingerprint density at radius 3 is 2.08 bits per heavy atom. The zero-order chi connectivity index (χ0) is 16.6. The maximum atomic E-state index is 5.16. The van der Waals surface area contributed by atoms with Crippen molar-refractivity contribution in [3.63, 3.8) is 0 Å². The highest BCUT2D eigenvalue weighted by Gasteiger charge is 1.92. The number of benzene rings is 3. The largest absolute Gasteiger partial charge is 0.497 e. The molecule has 0 aliphatic rings. The number of hydrogen-bond donors (Lipinski definition) is 0. The Kier molecular flexibility index (Phi) is 5.12. The fourth-order valence-electron chi connectivity index (χ4n) is 2.30. The van der Waals surface area contributed by atoms with Crippen molar-refractivity contribution < 1.29 is 4.74 Å². The molecule has 0 radical (unpaired) electrons. The molecule has 0 atom stereocenters. The lowest BCUT2D eigenvalue weighted by molar-refractivity contribution is 0.415. The fraction of sp³-hybridized carbons (Fsp3) is 0.0435. The van der Waals surface area contributed by atoms with Gasteiger partial charge in [-0.25, -0.2) is 0 Å². The average Bonchev–Trinajstić information content (AvgIpc) is 2.66. The molecule has 3 aromatic rings. The summed E-state index contributed by atoms with van der Waals surface area (Å²) >= 11 is 0. The molecule has 0 N–H and O–H groups in total. The van der Waals surface area contributed by atoms with Crippen LogP contribution in [0.2, 0.25) is 0 Å². The zero-order valence-electron chi connectivity index (χ0n) is 13.6. The molecule has 0 amide bonds. The van der Waals surface area contributed by atoms with Crippen molar-refractivity contribution in [3.05, 3.63) is 101 Å². The third kappa shape index (κ3) is 4.38. The Bertz CT molecular complexity index is 879. The molecule has 0 aromatic heterocycles. The van der Waals surface area contributed by atoms with Crippen LogP contribution in [-0.4, -0.2) is 7.11 Å². The number of hydrogen-bond acceptors (Lipinski definition) is 1. The zero-order valence-corrected chi connectivity index (χ0v) is 13.6. The molecule has 0 saturated heterocycles. The summed E-state index contributed by atoms with van der Waals surface area (Å²) in [6.45, 7) is 0. The van der Waals surface area contributed by atoms with Gasteiger partial charge in [0.2, 0.25) is 0 Å². The summed E-state index contributed by atoms with van der Waals surface area (Å²) in [6, 6.07) is 26.3. The monoisotopic (exact) mass is 310 g/mol. The van der Waals surface area contributed by atoms with Gasteiger partial charge in [0.05, 0.1) is 7.11 Å². The van der Waals surface area contributed by atoms with Gasteiger partial charge in [-0.15, -0.1) is 0 Å². The molecule has 0 fully saturated rings. The topological polar surface area (TPSA) is 9.23 Å². The first kappa shape index (κ1) is 15.6. The first-order valence-electron chi connectivity index (χ1n) is 7.83. The summed E-state index contributed by atoms with van der Waals surface area (Å²) in [5.41, 5.74) is 4.30. The number of ether oxygens (including phenoxy) is 1. The number of rotatable bonds is 3. The van der Waals surface area contributed by atoms with Crippen molar-refractivity contribution in [1.82, 2.24) is 0 Å². The normalized spacial score (nSPS) is 10.2. The van der Waals surface area contributed by atoms with E-state index in [1.165, 1.54) is 5.56 Å². The predicted molar refractivity (Wildman–Crippen MR) is 101 cm³/mol. The van der Waals surface area contributed by atoms with Crippen molar-refractivity contribution in [2.45, 2.75) is 0 Å². The quantitative estimate of drug-likeness (QED) is 0.473. The van der Waals surface area contributed by atoms with Crippen LogP contribution >= 0.6 is 0 Å². The lowest BCUT2D eigenvalue weighted by Gasteiger charge is -1.98. The van der Waals surface area contributed by atoms with Gasteiger partial charge >= 0.3 is 0 Å². The van der Waals surface area contributed by atoms with Crippen molar-refractivity contribution in [3.8, 4) is 17.6 Å². The molecule has 24 heavy (non-hydrogen) atoms. The summed E-state index contributed by atoms with van der Waals surface area (Å²) in [7, 11) is 1.66. The van der Waals surface area contributed by atoms with Crippen LogP contribution in [0.15, 0.2) is 78.9 Å². The molecule has 0 aliphatic carbocycles. The van der Waals surface area contributed by atoms with Gasteiger partial charge in [-0.2, -0.15) is 0 Å². The third-order valence-corrected chi connectivity index (χ3v) is 3.60. The maximum absolute atomic E-state index is 5.16. The van der Waals surface area contributed by atoms with Gasteiger partial charge in [-0.3, -0.25) is 0 Å². The molecule has 0 heterocycles. The van der Waals surface area contributed by atoms with E-state index < -0.39 is 0 Å². The summed E-state index contributed by atoms with van der Waals surface area (Å²) in [6.07, 6.45) is 4.21. The van der Waals surface area contributed by atoms with Crippen molar-refractivity contribution in [2.75, 3.05) is 7.11 Å². The Hall–Kier alpha value is -3.24. The minimum atomic E-state index is 0.841. The van der Waals surface area contributed by atoms with Crippen LogP contribution in [0.25, 0.3) is 12.2 Å². The van der Waals surface area contributed by atoms with Crippen LogP contribution in [-0.2, 0) is 0 Å². The molecular weight excluding hydrogens is 292 g/mol. The van der Waals surface area contributed by atoms with E-state index in [2.05, 4.69) is 48.3 Å². The summed E-state index contributed by atoms with van der Waals surface area (Å²) in [4.78, 5) is 0. The van der Waals surface area contributed by atoms with Gasteiger partial charge in [0, 0.05) is 11.1 Å². The molecule has 0 unspecified atom stereocenters. The molecule has 3 aromatic carbocycles. The molecule has 3 rings (SSSR count). The molecular formula is C23H18O. The molecule has 1 heteroatoms. The smallest absolute Gasteiger partial charge is 0.118 e. The minimum Gasteiger partial charge on any atom is -0.497 e. The van der Waals surface area contributed by atoms with E-state index in [0.29, 0.717) is 0 Å². The second kappa shape index (κ2) is 7.85. The molecule has 0 saturated carbocycles. The predicted octanol–water partition coefficient (Wildman–Crippen LogP) is 5.27. The van der Waals surface area contributed by atoms with Crippen LogP contribution in [0, 0.1) is 11.8 Å². The van der Waals surface area contributed by atoms with Crippen LogP contribution in [0.1, 0.15) is 22.3 Å². The molecule has 116 valence electrons. The lowest BCUT2D eigenvalue weighted by atomic mass is 10.1. The molecule has 1 nitrogen and oxygen atoms in total. The van der Waals surface area contributed by atoms with E-state index in [0.717, 1.165) is 22.4 Å². The molecule has 0 aliphatic heterocycles. The van der Waals surface area contributed by atoms with Crippen LogP contribution in [0.5, 0.6) is 5.75 Å². The van der Waals surface area contributed by atoms with E-state index in [4.69, 9.17) is 4.74 Å². The highest BCUT2D eigenvalue weighted by molar-refractivity contribution is 5.70. The van der Waals surface area contributed by atoms with E-state index in [1.54, 1.807) is 7.11 Å². The number of methoxy groups -OCH3 is 1. The Balaban J connectivity index is 1.76. The Labute approximate surface area is 143 Å². The van der Waals surface area contributed by atoms with Gasteiger partial charge in [0.25, 0.3) is 0 Å². The van der Waals surface area contributed by atoms with E-state index in [-0.39, 0.29) is 0 Å². The summed E-state index contributed by atoms with van der Waals surface area (Å²) in [5, 5.41) is 0. The Morgan fingerprint density at radius 2 is 1.33 bits per heavy atom. The molecule has 0 spiro atoms. The minimum absolute atomic E-state index is 0.841. The SMILES string of the molecule is COc1ccc(C#Cc2cccc(/C=C/c3ccccc3)c2)cc1. The van der Waals surface area contributed by atoms with Crippen molar-refractivity contribution in [1.29, 1.82) is 0 Å². The van der Waals surface area contributed by atoms with Gasteiger partial charge in [0.1, 0.15) is 5.75 Å². The third-order valence-electron chi connectivity index (χ3n) is 3.60. The van der Waals surface area contributed by atoms with Crippen molar-refractivity contribution >= 4 is 12.2 Å². The van der Waals surface area contributed by atoms with Gasteiger partial charge in [0.15, 0.2) is 0 Å².